The number of aromatic nitrogens is 1. The average molecular weight is 492 g/mol. The summed E-state index contributed by atoms with van der Waals surface area (Å²) in [7, 11) is 0. The number of benzene rings is 2. The fraction of sp³-hybridized carbons (Fsp3) is 0.393. The van der Waals surface area contributed by atoms with E-state index in [1.165, 1.54) is 12.3 Å². The zero-order valence-corrected chi connectivity index (χ0v) is 21.1. The number of aromatic carboxylic acids is 1. The first-order valence-electron chi connectivity index (χ1n) is 12.3. The number of hydrogen-bond acceptors (Lipinski definition) is 6. The lowest BCUT2D eigenvalue weighted by atomic mass is 10.0. The second-order valence-corrected chi connectivity index (χ2v) is 9.93. The SMILES string of the molecule is CC(C)(C)OC(=O)N1CCN(CCCOc2ccc(-c3ccc4nccc(C(=O)O)c4c3)cc2)CC1. The molecule has 0 saturated carbocycles. The van der Waals surface area contributed by atoms with Gasteiger partial charge in [0.15, 0.2) is 0 Å². The van der Waals surface area contributed by atoms with Crippen LogP contribution in [0.1, 0.15) is 37.6 Å². The van der Waals surface area contributed by atoms with Crippen molar-refractivity contribution in [1.29, 1.82) is 0 Å². The largest absolute Gasteiger partial charge is 0.494 e. The van der Waals surface area contributed by atoms with Gasteiger partial charge in [-0.2, -0.15) is 0 Å². The molecule has 1 aliphatic heterocycles. The highest BCUT2D eigenvalue weighted by atomic mass is 16.6. The maximum atomic E-state index is 12.2. The van der Waals surface area contributed by atoms with E-state index in [4.69, 9.17) is 9.47 Å². The molecular formula is C28H33N3O5. The lowest BCUT2D eigenvalue weighted by Crippen LogP contribution is -2.50. The van der Waals surface area contributed by atoms with E-state index >= 15 is 0 Å². The number of carbonyl (C=O) groups excluding carboxylic acids is 1. The first-order valence-corrected chi connectivity index (χ1v) is 12.3. The number of piperazine rings is 1. The number of amides is 1. The van der Waals surface area contributed by atoms with Gasteiger partial charge in [-0.3, -0.25) is 9.88 Å². The number of nitrogens with zero attached hydrogens (tertiary/aromatic N) is 3. The van der Waals surface area contributed by atoms with Gasteiger partial charge in [-0.1, -0.05) is 18.2 Å². The molecule has 4 rings (SSSR count). The van der Waals surface area contributed by atoms with Gasteiger partial charge < -0.3 is 19.5 Å². The van der Waals surface area contributed by atoms with E-state index in [9.17, 15) is 14.7 Å². The summed E-state index contributed by atoms with van der Waals surface area (Å²) in [6, 6.07) is 15.0. The van der Waals surface area contributed by atoms with Crippen LogP contribution in [0.5, 0.6) is 5.75 Å². The average Bonchev–Trinajstić information content (AvgIpc) is 2.85. The van der Waals surface area contributed by atoms with Gasteiger partial charge >= 0.3 is 12.1 Å². The van der Waals surface area contributed by atoms with Crippen LogP contribution in [-0.2, 0) is 4.74 Å². The van der Waals surface area contributed by atoms with Gasteiger partial charge in [0, 0.05) is 44.3 Å². The molecule has 2 heterocycles. The van der Waals surface area contributed by atoms with Crippen LogP contribution >= 0.6 is 0 Å². The normalized spacial score (nSPS) is 14.6. The second kappa shape index (κ2) is 11.0. The first-order chi connectivity index (χ1) is 17.2. The summed E-state index contributed by atoms with van der Waals surface area (Å²) in [5.41, 5.74) is 2.33. The monoisotopic (exact) mass is 491 g/mol. The molecule has 1 N–H and O–H groups in total. The topological polar surface area (TPSA) is 92.2 Å². The number of hydrogen-bond donors (Lipinski definition) is 1. The van der Waals surface area contributed by atoms with E-state index in [2.05, 4.69) is 9.88 Å². The van der Waals surface area contributed by atoms with Crippen LogP contribution in [0.15, 0.2) is 54.7 Å². The van der Waals surface area contributed by atoms with E-state index in [1.54, 1.807) is 4.90 Å². The minimum atomic E-state index is -0.965. The van der Waals surface area contributed by atoms with Crippen molar-refractivity contribution in [2.24, 2.45) is 0 Å². The van der Waals surface area contributed by atoms with Gasteiger partial charge in [-0.15, -0.1) is 0 Å². The number of carboxylic acid groups (broad SMARTS) is 1. The van der Waals surface area contributed by atoms with E-state index in [1.807, 2.05) is 63.2 Å². The Morgan fingerprint density at radius 3 is 2.33 bits per heavy atom. The van der Waals surface area contributed by atoms with Crippen molar-refractivity contribution in [3.63, 3.8) is 0 Å². The summed E-state index contributed by atoms with van der Waals surface area (Å²) in [5, 5.41) is 10.1. The Balaban J connectivity index is 1.24. The molecule has 1 aliphatic rings. The summed E-state index contributed by atoms with van der Waals surface area (Å²) in [6.07, 6.45) is 2.17. The van der Waals surface area contributed by atoms with Crippen LogP contribution in [0.25, 0.3) is 22.0 Å². The van der Waals surface area contributed by atoms with Crippen LogP contribution in [0, 0.1) is 0 Å². The molecule has 3 aromatic rings. The number of fused-ring (bicyclic) bond motifs is 1. The minimum Gasteiger partial charge on any atom is -0.494 e. The molecule has 1 amide bonds. The highest BCUT2D eigenvalue weighted by molar-refractivity contribution is 6.03. The minimum absolute atomic E-state index is 0.239. The highest BCUT2D eigenvalue weighted by Gasteiger charge is 2.25. The first kappa shape index (κ1) is 25.4. The Kier molecular flexibility index (Phi) is 7.74. The van der Waals surface area contributed by atoms with Crippen molar-refractivity contribution >= 4 is 23.0 Å². The summed E-state index contributed by atoms with van der Waals surface area (Å²) in [6.45, 7) is 10.2. The van der Waals surface area contributed by atoms with Crippen molar-refractivity contribution < 1.29 is 24.2 Å². The molecule has 190 valence electrons. The standard InChI is InChI=1S/C28H33N3O5/c1-28(2,3)36-27(34)31-16-14-30(15-17-31)13-4-18-35-22-8-5-20(6-9-22)21-7-10-25-24(19-21)23(26(32)33)11-12-29-25/h5-12,19H,4,13-18H2,1-3H3,(H,32,33). The molecule has 0 radical (unpaired) electrons. The van der Waals surface area contributed by atoms with E-state index < -0.39 is 11.6 Å². The fourth-order valence-corrected chi connectivity index (χ4v) is 4.21. The Labute approximate surface area is 211 Å². The van der Waals surface area contributed by atoms with Crippen LogP contribution in [0.3, 0.4) is 0 Å². The third kappa shape index (κ3) is 6.51. The van der Waals surface area contributed by atoms with Crippen LogP contribution in [0.2, 0.25) is 0 Å². The van der Waals surface area contributed by atoms with Gasteiger partial charge in [0.25, 0.3) is 0 Å². The van der Waals surface area contributed by atoms with Crippen molar-refractivity contribution in [3.05, 3.63) is 60.3 Å². The maximum Gasteiger partial charge on any atom is 0.410 e. The van der Waals surface area contributed by atoms with E-state index in [-0.39, 0.29) is 11.7 Å². The Morgan fingerprint density at radius 2 is 1.67 bits per heavy atom. The highest BCUT2D eigenvalue weighted by Crippen LogP contribution is 2.27. The van der Waals surface area contributed by atoms with Gasteiger partial charge in [0.2, 0.25) is 0 Å². The van der Waals surface area contributed by atoms with Gasteiger partial charge in [0.05, 0.1) is 17.7 Å². The predicted molar refractivity (Wildman–Crippen MR) is 138 cm³/mol. The van der Waals surface area contributed by atoms with Gasteiger partial charge in [0.1, 0.15) is 11.4 Å². The van der Waals surface area contributed by atoms with Gasteiger partial charge in [-0.25, -0.2) is 9.59 Å². The van der Waals surface area contributed by atoms with Crippen molar-refractivity contribution in [1.82, 2.24) is 14.8 Å². The molecule has 0 unspecified atom stereocenters. The predicted octanol–water partition coefficient (Wildman–Crippen LogP) is 4.92. The van der Waals surface area contributed by atoms with Crippen molar-refractivity contribution in [2.75, 3.05) is 39.3 Å². The number of pyridine rings is 1. The molecule has 36 heavy (non-hydrogen) atoms. The quantitative estimate of drug-likeness (QED) is 0.469. The molecule has 1 aromatic heterocycles. The fourth-order valence-electron chi connectivity index (χ4n) is 4.21. The summed E-state index contributed by atoms with van der Waals surface area (Å²) >= 11 is 0. The molecule has 0 atom stereocenters. The third-order valence-electron chi connectivity index (χ3n) is 6.07. The Morgan fingerprint density at radius 1 is 0.972 bits per heavy atom. The van der Waals surface area contributed by atoms with Gasteiger partial charge in [-0.05, 0) is 68.7 Å². The molecular weight excluding hydrogens is 458 g/mol. The second-order valence-electron chi connectivity index (χ2n) is 9.93. The summed E-state index contributed by atoms with van der Waals surface area (Å²) in [4.78, 5) is 32.1. The molecule has 1 fully saturated rings. The molecule has 2 aromatic carbocycles. The lowest BCUT2D eigenvalue weighted by molar-refractivity contribution is 0.0142. The zero-order chi connectivity index (χ0) is 25.7. The van der Waals surface area contributed by atoms with E-state index in [0.717, 1.165) is 42.9 Å². The smallest absolute Gasteiger partial charge is 0.410 e. The van der Waals surface area contributed by atoms with Crippen molar-refractivity contribution in [2.45, 2.75) is 32.8 Å². The molecule has 0 aliphatic carbocycles. The number of carboxylic acids is 1. The van der Waals surface area contributed by atoms with E-state index in [0.29, 0.717) is 30.6 Å². The molecule has 8 heteroatoms. The van der Waals surface area contributed by atoms with Crippen LogP contribution in [-0.4, -0.2) is 76.9 Å². The van der Waals surface area contributed by atoms with Crippen LogP contribution in [0.4, 0.5) is 4.79 Å². The zero-order valence-electron chi connectivity index (χ0n) is 21.1. The molecule has 0 bridgehead atoms. The molecule has 1 saturated heterocycles. The lowest BCUT2D eigenvalue weighted by Gasteiger charge is -2.35. The Hall–Kier alpha value is -3.65. The molecule has 8 nitrogen and oxygen atoms in total. The number of ether oxygens (including phenoxy) is 2. The summed E-state index contributed by atoms with van der Waals surface area (Å²) in [5.74, 6) is -0.171. The summed E-state index contributed by atoms with van der Waals surface area (Å²) < 4.78 is 11.4. The Bertz CT molecular complexity index is 1210. The number of rotatable bonds is 7. The van der Waals surface area contributed by atoms with Crippen LogP contribution < -0.4 is 4.74 Å². The third-order valence-corrected chi connectivity index (χ3v) is 6.07. The maximum absolute atomic E-state index is 12.2. The molecule has 0 spiro atoms. The van der Waals surface area contributed by atoms with Crippen molar-refractivity contribution in [3.8, 4) is 16.9 Å². The number of carbonyl (C=O) groups is 2.